The lowest BCUT2D eigenvalue weighted by Gasteiger charge is -2.05. The van der Waals surface area contributed by atoms with E-state index in [0.717, 1.165) is 23.2 Å². The van der Waals surface area contributed by atoms with Crippen molar-refractivity contribution in [2.45, 2.75) is 26.4 Å². The molecule has 0 aliphatic rings. The van der Waals surface area contributed by atoms with Crippen molar-refractivity contribution in [2.75, 3.05) is 12.4 Å². The first kappa shape index (κ1) is 15.1. The molecule has 0 atom stereocenters. The number of carbonyl (C=O) groups excluding carboxylic acids is 1. The second kappa shape index (κ2) is 6.51. The number of amides is 1. The molecule has 0 saturated heterocycles. The lowest BCUT2D eigenvalue weighted by Crippen LogP contribution is -2.14. The molecular weight excluding hydrogens is 294 g/mol. The Morgan fingerprint density at radius 2 is 2.17 bits per heavy atom. The number of hydrogen-bond donors (Lipinski definition) is 1. The van der Waals surface area contributed by atoms with Gasteiger partial charge in [0.05, 0.1) is 37.3 Å². The molecule has 1 aromatic carbocycles. The normalized spacial score (nSPS) is 10.9. The molecule has 0 radical (unpaired) electrons. The first-order valence-corrected chi connectivity index (χ1v) is 7.51. The largest absolute Gasteiger partial charge is 0.497 e. The molecule has 0 spiro atoms. The topological polar surface area (TPSA) is 74.0 Å². The van der Waals surface area contributed by atoms with E-state index in [1.807, 2.05) is 36.0 Å². The van der Waals surface area contributed by atoms with E-state index in [-0.39, 0.29) is 5.91 Å². The van der Waals surface area contributed by atoms with Gasteiger partial charge in [-0.15, -0.1) is 0 Å². The third-order valence-corrected chi connectivity index (χ3v) is 3.64. The zero-order valence-electron chi connectivity index (χ0n) is 13.2. The van der Waals surface area contributed by atoms with Crippen LogP contribution in [0.15, 0.2) is 36.8 Å². The Bertz CT molecular complexity index is 821. The first-order valence-electron chi connectivity index (χ1n) is 7.51. The minimum atomic E-state index is -0.0576. The van der Waals surface area contributed by atoms with E-state index in [1.165, 1.54) is 0 Å². The number of anilines is 1. The van der Waals surface area contributed by atoms with Crippen molar-refractivity contribution in [1.29, 1.82) is 0 Å². The molecule has 0 saturated carbocycles. The summed E-state index contributed by atoms with van der Waals surface area (Å²) in [5.74, 6) is 0.737. The Morgan fingerprint density at radius 1 is 1.30 bits per heavy atom. The zero-order chi connectivity index (χ0) is 16.2. The maximum absolute atomic E-state index is 12.0. The Hall–Kier alpha value is -2.83. The highest BCUT2D eigenvalue weighted by Crippen LogP contribution is 2.20. The van der Waals surface area contributed by atoms with Gasteiger partial charge in [-0.2, -0.15) is 10.2 Å². The number of fused-ring (bicyclic) bond motifs is 1. The Balaban J connectivity index is 1.62. The van der Waals surface area contributed by atoms with Crippen LogP contribution in [0.3, 0.4) is 0 Å². The summed E-state index contributed by atoms with van der Waals surface area (Å²) >= 11 is 0. The van der Waals surface area contributed by atoms with Crippen molar-refractivity contribution in [3.05, 3.63) is 36.8 Å². The fraction of sp³-hybridized carbons (Fsp3) is 0.312. The van der Waals surface area contributed by atoms with Crippen molar-refractivity contribution in [1.82, 2.24) is 19.6 Å². The number of benzene rings is 1. The third-order valence-electron chi connectivity index (χ3n) is 3.64. The highest BCUT2D eigenvalue weighted by atomic mass is 16.5. The van der Waals surface area contributed by atoms with E-state index < -0.39 is 0 Å². The molecule has 2 aromatic heterocycles. The highest BCUT2D eigenvalue weighted by molar-refractivity contribution is 5.90. The molecule has 120 valence electrons. The molecular formula is C16H19N5O2. The molecule has 3 aromatic rings. The summed E-state index contributed by atoms with van der Waals surface area (Å²) in [7, 11) is 1.64. The van der Waals surface area contributed by atoms with Crippen LogP contribution in [0, 0.1) is 0 Å². The predicted octanol–water partition coefficient (Wildman–Crippen LogP) is 2.29. The summed E-state index contributed by atoms with van der Waals surface area (Å²) in [5, 5.41) is 12.3. The van der Waals surface area contributed by atoms with Crippen molar-refractivity contribution >= 4 is 22.5 Å². The molecule has 7 nitrogen and oxygen atoms in total. The minimum absolute atomic E-state index is 0.0576. The Morgan fingerprint density at radius 3 is 2.91 bits per heavy atom. The van der Waals surface area contributed by atoms with Gasteiger partial charge in [0.2, 0.25) is 5.91 Å². The van der Waals surface area contributed by atoms with Gasteiger partial charge in [0.1, 0.15) is 5.75 Å². The number of ether oxygens (including phenoxy) is 1. The quantitative estimate of drug-likeness (QED) is 0.757. The summed E-state index contributed by atoms with van der Waals surface area (Å²) in [6.45, 7) is 3.29. The van der Waals surface area contributed by atoms with Gasteiger partial charge < -0.3 is 10.1 Å². The van der Waals surface area contributed by atoms with Crippen molar-refractivity contribution in [2.24, 2.45) is 0 Å². The summed E-state index contributed by atoms with van der Waals surface area (Å²) in [6.07, 6.45) is 5.59. The number of aryl methyl sites for hydroxylation is 2. The van der Waals surface area contributed by atoms with E-state index in [0.29, 0.717) is 18.7 Å². The monoisotopic (exact) mass is 313 g/mol. The fourth-order valence-electron chi connectivity index (χ4n) is 2.40. The van der Waals surface area contributed by atoms with Gasteiger partial charge in [-0.25, -0.2) is 0 Å². The van der Waals surface area contributed by atoms with Crippen LogP contribution in [-0.2, 0) is 17.9 Å². The van der Waals surface area contributed by atoms with Crippen molar-refractivity contribution in [3.8, 4) is 5.75 Å². The standard InChI is InChI=1S/C16H19N5O2/c1-3-20-11-13(10-17-20)19-16(22)6-7-21-15-5-4-14(23-2)8-12(15)9-18-21/h4-5,8-11H,3,6-7H2,1-2H3,(H,19,22). The van der Waals surface area contributed by atoms with Crippen LogP contribution in [0.5, 0.6) is 5.75 Å². The molecule has 3 rings (SSSR count). The summed E-state index contributed by atoms with van der Waals surface area (Å²) in [4.78, 5) is 12.0. The van der Waals surface area contributed by atoms with Gasteiger partial charge in [0.15, 0.2) is 0 Å². The molecule has 2 heterocycles. The molecule has 0 aliphatic heterocycles. The molecule has 7 heteroatoms. The van der Waals surface area contributed by atoms with Crippen molar-refractivity contribution in [3.63, 3.8) is 0 Å². The zero-order valence-corrected chi connectivity index (χ0v) is 13.2. The van der Waals surface area contributed by atoms with E-state index in [9.17, 15) is 4.79 Å². The van der Waals surface area contributed by atoms with Crippen LogP contribution in [0.4, 0.5) is 5.69 Å². The van der Waals surface area contributed by atoms with Gasteiger partial charge in [0.25, 0.3) is 0 Å². The number of nitrogens with zero attached hydrogens (tertiary/aromatic N) is 4. The lowest BCUT2D eigenvalue weighted by molar-refractivity contribution is -0.116. The maximum Gasteiger partial charge on any atom is 0.226 e. The van der Waals surface area contributed by atoms with Gasteiger partial charge in [-0.3, -0.25) is 14.2 Å². The van der Waals surface area contributed by atoms with Crippen LogP contribution >= 0.6 is 0 Å². The molecule has 0 unspecified atom stereocenters. The second-order valence-corrected chi connectivity index (χ2v) is 5.18. The van der Waals surface area contributed by atoms with E-state index in [1.54, 1.807) is 24.2 Å². The van der Waals surface area contributed by atoms with Crippen LogP contribution in [0.1, 0.15) is 13.3 Å². The Labute approximate surface area is 133 Å². The number of nitrogens with one attached hydrogen (secondary N) is 1. The Kier molecular flexibility index (Phi) is 4.27. The number of aromatic nitrogens is 4. The molecule has 23 heavy (non-hydrogen) atoms. The van der Waals surface area contributed by atoms with Crippen LogP contribution in [0.2, 0.25) is 0 Å². The van der Waals surface area contributed by atoms with Gasteiger partial charge in [0, 0.05) is 24.5 Å². The summed E-state index contributed by atoms with van der Waals surface area (Å²) < 4.78 is 8.79. The summed E-state index contributed by atoms with van der Waals surface area (Å²) in [6, 6.07) is 5.77. The van der Waals surface area contributed by atoms with E-state index in [4.69, 9.17) is 4.74 Å². The van der Waals surface area contributed by atoms with Crippen molar-refractivity contribution < 1.29 is 9.53 Å². The molecule has 1 amide bonds. The third kappa shape index (κ3) is 3.33. The van der Waals surface area contributed by atoms with Gasteiger partial charge in [-0.05, 0) is 25.1 Å². The van der Waals surface area contributed by atoms with Crippen LogP contribution in [-0.4, -0.2) is 32.6 Å². The molecule has 0 aliphatic carbocycles. The van der Waals surface area contributed by atoms with Gasteiger partial charge >= 0.3 is 0 Å². The predicted molar refractivity (Wildman–Crippen MR) is 87.4 cm³/mol. The minimum Gasteiger partial charge on any atom is -0.497 e. The molecule has 0 bridgehead atoms. The number of carbonyl (C=O) groups is 1. The first-order chi connectivity index (χ1) is 11.2. The average Bonchev–Trinajstić information content (AvgIpc) is 3.18. The number of hydrogen-bond acceptors (Lipinski definition) is 4. The van der Waals surface area contributed by atoms with E-state index in [2.05, 4.69) is 15.5 Å². The number of methoxy groups -OCH3 is 1. The fourth-order valence-corrected chi connectivity index (χ4v) is 2.40. The van der Waals surface area contributed by atoms with E-state index >= 15 is 0 Å². The SMILES string of the molecule is CCn1cc(NC(=O)CCn2ncc3cc(OC)ccc32)cn1. The van der Waals surface area contributed by atoms with Crippen LogP contribution in [0.25, 0.3) is 10.9 Å². The summed E-state index contributed by atoms with van der Waals surface area (Å²) in [5.41, 5.74) is 1.70. The maximum atomic E-state index is 12.0. The smallest absolute Gasteiger partial charge is 0.226 e. The molecule has 0 fully saturated rings. The second-order valence-electron chi connectivity index (χ2n) is 5.18. The molecule has 1 N–H and O–H groups in total. The number of rotatable bonds is 6. The van der Waals surface area contributed by atoms with Crippen LogP contribution < -0.4 is 10.1 Å². The average molecular weight is 313 g/mol. The van der Waals surface area contributed by atoms with Gasteiger partial charge in [-0.1, -0.05) is 0 Å². The lowest BCUT2D eigenvalue weighted by atomic mass is 10.2. The highest BCUT2D eigenvalue weighted by Gasteiger charge is 2.08.